The molecule has 0 amide bonds. The van der Waals surface area contributed by atoms with Crippen LogP contribution in [0.3, 0.4) is 0 Å². The zero-order valence-corrected chi connectivity index (χ0v) is 7.73. The minimum absolute atomic E-state index is 0.000463. The lowest BCUT2D eigenvalue weighted by Gasteiger charge is -2.08. The molecule has 0 spiro atoms. The molecule has 0 fully saturated rings. The van der Waals surface area contributed by atoms with Crippen molar-refractivity contribution in [2.45, 2.75) is 25.9 Å². The van der Waals surface area contributed by atoms with Crippen molar-refractivity contribution in [1.82, 2.24) is 0 Å². The molecule has 1 N–H and O–H groups in total. The molecule has 1 atom stereocenters. The molecular weight excluding hydrogens is 193 g/mol. The van der Waals surface area contributed by atoms with E-state index in [-0.39, 0.29) is 12.0 Å². The molecule has 0 radical (unpaired) electrons. The van der Waals surface area contributed by atoms with E-state index in [0.717, 1.165) is 6.07 Å². The third-order valence-corrected chi connectivity index (χ3v) is 2.02. The van der Waals surface area contributed by atoms with Gasteiger partial charge in [-0.2, -0.15) is 0 Å². The van der Waals surface area contributed by atoms with Crippen molar-refractivity contribution in [1.29, 1.82) is 0 Å². The quantitative estimate of drug-likeness (QED) is 0.749. The highest BCUT2D eigenvalue weighted by Crippen LogP contribution is 2.15. The maximum absolute atomic E-state index is 13.0. The molecule has 0 saturated heterocycles. The van der Waals surface area contributed by atoms with Gasteiger partial charge < -0.3 is 5.11 Å². The van der Waals surface area contributed by atoms with Gasteiger partial charge in [0.2, 0.25) is 0 Å². The first-order valence-electron chi connectivity index (χ1n) is 4.36. The Bertz CT molecular complexity index is 325. The average molecular weight is 204 g/mol. The highest BCUT2D eigenvalue weighted by Gasteiger charge is 2.12. The molecule has 0 aliphatic rings. The second-order valence-electron chi connectivity index (χ2n) is 3.12. The van der Waals surface area contributed by atoms with Gasteiger partial charge in [-0.15, -0.1) is 0 Å². The minimum Gasteiger partial charge on any atom is -0.393 e. The van der Waals surface area contributed by atoms with Gasteiger partial charge in [0, 0.05) is 12.5 Å². The Morgan fingerprint density at radius 1 is 1.14 bits per heavy atom. The highest BCUT2D eigenvalue weighted by molar-refractivity contribution is 5.20. The molecule has 0 saturated carbocycles. The fraction of sp³-hybridized carbons (Fsp3) is 0.400. The number of rotatable bonds is 3. The van der Waals surface area contributed by atoms with Crippen LogP contribution in [0.25, 0.3) is 0 Å². The summed E-state index contributed by atoms with van der Waals surface area (Å²) >= 11 is 0. The molecule has 0 heterocycles. The number of halogens is 3. The molecule has 1 unspecified atom stereocenters. The molecule has 78 valence electrons. The van der Waals surface area contributed by atoms with Crippen LogP contribution in [0.4, 0.5) is 13.2 Å². The first kappa shape index (κ1) is 11.0. The Morgan fingerprint density at radius 2 is 1.71 bits per heavy atom. The van der Waals surface area contributed by atoms with Crippen LogP contribution in [0.2, 0.25) is 0 Å². The predicted octanol–water partition coefficient (Wildman–Crippen LogP) is 2.42. The summed E-state index contributed by atoms with van der Waals surface area (Å²) in [7, 11) is 0. The van der Waals surface area contributed by atoms with Crippen LogP contribution in [0, 0.1) is 17.5 Å². The van der Waals surface area contributed by atoms with Crippen LogP contribution >= 0.6 is 0 Å². The monoisotopic (exact) mass is 204 g/mol. The topological polar surface area (TPSA) is 20.2 Å². The maximum Gasteiger partial charge on any atom is 0.161 e. The predicted molar refractivity (Wildman–Crippen MR) is 46.3 cm³/mol. The summed E-state index contributed by atoms with van der Waals surface area (Å²) in [5, 5.41) is 9.21. The van der Waals surface area contributed by atoms with Gasteiger partial charge in [-0.05, 0) is 18.1 Å². The van der Waals surface area contributed by atoms with Crippen LogP contribution in [0.5, 0.6) is 0 Å². The Balaban J connectivity index is 2.92. The smallest absolute Gasteiger partial charge is 0.161 e. The number of aliphatic hydroxyl groups excluding tert-OH is 1. The largest absolute Gasteiger partial charge is 0.393 e. The Morgan fingerprint density at radius 3 is 2.29 bits per heavy atom. The van der Waals surface area contributed by atoms with E-state index in [1.54, 1.807) is 6.92 Å². The molecule has 1 nitrogen and oxygen atoms in total. The van der Waals surface area contributed by atoms with Crippen LogP contribution in [0.1, 0.15) is 18.9 Å². The van der Waals surface area contributed by atoms with E-state index < -0.39 is 23.6 Å². The van der Waals surface area contributed by atoms with E-state index in [1.807, 2.05) is 0 Å². The summed E-state index contributed by atoms with van der Waals surface area (Å²) < 4.78 is 38.2. The van der Waals surface area contributed by atoms with Gasteiger partial charge in [-0.1, -0.05) is 6.92 Å². The van der Waals surface area contributed by atoms with Crippen molar-refractivity contribution in [3.63, 3.8) is 0 Å². The fourth-order valence-corrected chi connectivity index (χ4v) is 1.12. The lowest BCUT2D eigenvalue weighted by molar-refractivity contribution is 0.169. The third-order valence-electron chi connectivity index (χ3n) is 2.02. The zero-order chi connectivity index (χ0) is 10.7. The van der Waals surface area contributed by atoms with Gasteiger partial charge in [0.25, 0.3) is 0 Å². The van der Waals surface area contributed by atoms with Crippen LogP contribution in [-0.2, 0) is 6.42 Å². The van der Waals surface area contributed by atoms with E-state index in [2.05, 4.69) is 0 Å². The summed E-state index contributed by atoms with van der Waals surface area (Å²) in [5.41, 5.74) is -0.00162. The number of aliphatic hydroxyl groups is 1. The number of benzene rings is 1. The summed E-state index contributed by atoms with van der Waals surface area (Å²) in [6.07, 6.45) is -0.285. The summed E-state index contributed by atoms with van der Waals surface area (Å²) in [5.74, 6) is -3.13. The lowest BCUT2D eigenvalue weighted by Crippen LogP contribution is -2.10. The molecule has 0 aromatic heterocycles. The summed E-state index contributed by atoms with van der Waals surface area (Å²) in [6, 6.07) is 1.27. The van der Waals surface area contributed by atoms with Gasteiger partial charge >= 0.3 is 0 Å². The Kier molecular flexibility index (Phi) is 3.52. The van der Waals surface area contributed by atoms with E-state index in [0.29, 0.717) is 12.5 Å². The maximum atomic E-state index is 13.0. The van der Waals surface area contributed by atoms with Crippen molar-refractivity contribution in [2.24, 2.45) is 0 Å². The highest BCUT2D eigenvalue weighted by atomic mass is 19.2. The molecule has 0 aliphatic heterocycles. The van der Waals surface area contributed by atoms with Crippen molar-refractivity contribution >= 4 is 0 Å². The van der Waals surface area contributed by atoms with E-state index in [4.69, 9.17) is 0 Å². The van der Waals surface area contributed by atoms with Gasteiger partial charge in [0.1, 0.15) is 5.82 Å². The minimum atomic E-state index is -1.21. The van der Waals surface area contributed by atoms with Crippen LogP contribution in [-0.4, -0.2) is 11.2 Å². The fourth-order valence-electron chi connectivity index (χ4n) is 1.12. The molecule has 4 heteroatoms. The van der Waals surface area contributed by atoms with Crippen molar-refractivity contribution in [2.75, 3.05) is 0 Å². The van der Waals surface area contributed by atoms with E-state index in [1.165, 1.54) is 0 Å². The third kappa shape index (κ3) is 2.48. The SMILES string of the molecule is CCC(O)Cc1cc(F)c(F)cc1F. The summed E-state index contributed by atoms with van der Waals surface area (Å²) in [6.45, 7) is 1.72. The van der Waals surface area contributed by atoms with Gasteiger partial charge in [0.15, 0.2) is 11.6 Å². The molecule has 1 aromatic rings. The molecule has 1 rings (SSSR count). The standard InChI is InChI=1S/C10H11F3O/c1-2-7(14)3-6-4-9(12)10(13)5-8(6)11/h4-5,7,14H,2-3H2,1H3. The van der Waals surface area contributed by atoms with Crippen molar-refractivity contribution < 1.29 is 18.3 Å². The average Bonchev–Trinajstić information content (AvgIpc) is 2.14. The number of hydrogen-bond acceptors (Lipinski definition) is 1. The second kappa shape index (κ2) is 4.46. The first-order valence-corrected chi connectivity index (χ1v) is 4.36. The van der Waals surface area contributed by atoms with Crippen LogP contribution in [0.15, 0.2) is 12.1 Å². The summed E-state index contributed by atoms with van der Waals surface area (Å²) in [4.78, 5) is 0. The molecule has 14 heavy (non-hydrogen) atoms. The van der Waals surface area contributed by atoms with Gasteiger partial charge in [-0.3, -0.25) is 0 Å². The lowest BCUT2D eigenvalue weighted by atomic mass is 10.1. The van der Waals surface area contributed by atoms with Crippen molar-refractivity contribution in [3.8, 4) is 0 Å². The number of hydrogen-bond donors (Lipinski definition) is 1. The molecular formula is C10H11F3O. The molecule has 0 aliphatic carbocycles. The van der Waals surface area contributed by atoms with Crippen molar-refractivity contribution in [3.05, 3.63) is 35.1 Å². The van der Waals surface area contributed by atoms with Gasteiger partial charge in [0.05, 0.1) is 6.10 Å². The van der Waals surface area contributed by atoms with Gasteiger partial charge in [-0.25, -0.2) is 13.2 Å². The Labute approximate surface area is 80.2 Å². The Hall–Kier alpha value is -1.03. The zero-order valence-electron chi connectivity index (χ0n) is 7.73. The van der Waals surface area contributed by atoms with Crippen LogP contribution < -0.4 is 0 Å². The van der Waals surface area contributed by atoms with E-state index >= 15 is 0 Å². The first-order chi connectivity index (χ1) is 6.54. The molecule has 0 bridgehead atoms. The normalized spacial score (nSPS) is 12.9. The molecule has 1 aromatic carbocycles. The van der Waals surface area contributed by atoms with E-state index in [9.17, 15) is 18.3 Å². The second-order valence-corrected chi connectivity index (χ2v) is 3.12.